The maximum atomic E-state index is 12.0. The fraction of sp³-hybridized carbons (Fsp3) is 0.533. The van der Waals surface area contributed by atoms with E-state index >= 15 is 0 Å². The van der Waals surface area contributed by atoms with Crippen LogP contribution < -0.4 is 0 Å². The van der Waals surface area contributed by atoms with E-state index in [1.807, 2.05) is 37.3 Å². The first kappa shape index (κ1) is 14.8. The zero-order valence-electron chi connectivity index (χ0n) is 11.9. The summed E-state index contributed by atoms with van der Waals surface area (Å²) in [6.45, 7) is 5.31. The molecular formula is C15H22N2O3. The molecular weight excluding hydrogens is 256 g/mol. The fourth-order valence-corrected chi connectivity index (χ4v) is 2.27. The molecule has 5 nitrogen and oxygen atoms in total. The third-order valence-corrected chi connectivity index (χ3v) is 3.67. The molecule has 0 radical (unpaired) electrons. The topological polar surface area (TPSA) is 53.0 Å². The smallest absolute Gasteiger partial charge is 0.410 e. The number of carbonyl (C=O) groups is 1. The number of hydrogen-bond donors (Lipinski definition) is 1. The predicted molar refractivity (Wildman–Crippen MR) is 76.3 cm³/mol. The van der Waals surface area contributed by atoms with E-state index in [1.54, 1.807) is 4.90 Å². The molecule has 1 heterocycles. The predicted octanol–water partition coefficient (Wildman–Crippen LogP) is 1.32. The van der Waals surface area contributed by atoms with Gasteiger partial charge in [-0.25, -0.2) is 4.79 Å². The highest BCUT2D eigenvalue weighted by Crippen LogP contribution is 2.09. The normalized spacial score (nSPS) is 17.8. The van der Waals surface area contributed by atoms with Crippen LogP contribution >= 0.6 is 0 Å². The molecule has 1 aromatic carbocycles. The summed E-state index contributed by atoms with van der Waals surface area (Å²) in [7, 11) is 0. The van der Waals surface area contributed by atoms with E-state index in [4.69, 9.17) is 9.84 Å². The van der Waals surface area contributed by atoms with Crippen LogP contribution in [0.4, 0.5) is 4.79 Å². The van der Waals surface area contributed by atoms with E-state index in [1.165, 1.54) is 0 Å². The van der Waals surface area contributed by atoms with Gasteiger partial charge >= 0.3 is 6.09 Å². The van der Waals surface area contributed by atoms with Gasteiger partial charge in [-0.3, -0.25) is 4.90 Å². The van der Waals surface area contributed by atoms with Crippen LogP contribution in [0, 0.1) is 0 Å². The molecule has 1 fully saturated rings. The Morgan fingerprint density at radius 1 is 1.25 bits per heavy atom. The fourth-order valence-electron chi connectivity index (χ4n) is 2.27. The number of aliphatic hydroxyl groups excluding tert-OH is 1. The van der Waals surface area contributed by atoms with Crippen molar-refractivity contribution < 1.29 is 14.6 Å². The van der Waals surface area contributed by atoms with E-state index < -0.39 is 0 Å². The monoisotopic (exact) mass is 278 g/mol. The molecule has 0 bridgehead atoms. The van der Waals surface area contributed by atoms with Gasteiger partial charge in [0.2, 0.25) is 0 Å². The minimum absolute atomic E-state index is 0.150. The standard InChI is InChI=1S/C15H22N2O3/c1-13(11-18)16-7-9-17(10-8-16)15(19)20-12-14-5-3-2-4-6-14/h2-6,13,18H,7-12H2,1H3. The average Bonchev–Trinajstić information content (AvgIpc) is 2.53. The number of benzene rings is 1. The van der Waals surface area contributed by atoms with Crippen LogP contribution in [-0.4, -0.2) is 59.8 Å². The maximum absolute atomic E-state index is 12.0. The Kier molecular flexibility index (Phi) is 5.38. The van der Waals surface area contributed by atoms with E-state index in [0.717, 1.165) is 18.7 Å². The third kappa shape index (κ3) is 3.95. The summed E-state index contributed by atoms with van der Waals surface area (Å²) in [5.74, 6) is 0. The lowest BCUT2D eigenvalue weighted by Crippen LogP contribution is -2.52. The van der Waals surface area contributed by atoms with Gasteiger partial charge in [0, 0.05) is 32.2 Å². The lowest BCUT2D eigenvalue weighted by atomic mass is 10.2. The van der Waals surface area contributed by atoms with Crippen molar-refractivity contribution in [2.24, 2.45) is 0 Å². The van der Waals surface area contributed by atoms with Crippen molar-refractivity contribution in [3.8, 4) is 0 Å². The zero-order valence-corrected chi connectivity index (χ0v) is 11.9. The molecule has 110 valence electrons. The summed E-state index contributed by atoms with van der Waals surface area (Å²) < 4.78 is 5.31. The van der Waals surface area contributed by atoms with E-state index in [2.05, 4.69) is 4.90 Å². The largest absolute Gasteiger partial charge is 0.445 e. The van der Waals surface area contributed by atoms with Crippen molar-refractivity contribution in [3.63, 3.8) is 0 Å². The molecule has 0 saturated carbocycles. The number of hydrogen-bond acceptors (Lipinski definition) is 4. The summed E-state index contributed by atoms with van der Waals surface area (Å²) in [4.78, 5) is 15.9. The highest BCUT2D eigenvalue weighted by molar-refractivity contribution is 5.67. The molecule has 1 N–H and O–H groups in total. The minimum atomic E-state index is -0.259. The second kappa shape index (κ2) is 7.26. The Hall–Kier alpha value is -1.59. The van der Waals surface area contributed by atoms with Crippen molar-refractivity contribution in [2.45, 2.75) is 19.6 Å². The van der Waals surface area contributed by atoms with Crippen molar-refractivity contribution in [1.82, 2.24) is 9.80 Å². The molecule has 1 aromatic rings. The second-order valence-corrected chi connectivity index (χ2v) is 5.09. The molecule has 0 spiro atoms. The lowest BCUT2D eigenvalue weighted by Gasteiger charge is -2.36. The van der Waals surface area contributed by atoms with Crippen LogP contribution in [0.25, 0.3) is 0 Å². The van der Waals surface area contributed by atoms with Crippen LogP contribution in [-0.2, 0) is 11.3 Å². The Labute approximate surface area is 119 Å². The third-order valence-electron chi connectivity index (χ3n) is 3.67. The quantitative estimate of drug-likeness (QED) is 0.902. The zero-order chi connectivity index (χ0) is 14.4. The number of amides is 1. The molecule has 1 unspecified atom stereocenters. The van der Waals surface area contributed by atoms with Gasteiger partial charge in [0.05, 0.1) is 6.61 Å². The van der Waals surface area contributed by atoms with E-state index in [-0.39, 0.29) is 18.7 Å². The van der Waals surface area contributed by atoms with Crippen LogP contribution in [0.1, 0.15) is 12.5 Å². The minimum Gasteiger partial charge on any atom is -0.445 e. The second-order valence-electron chi connectivity index (χ2n) is 5.09. The van der Waals surface area contributed by atoms with Crippen molar-refractivity contribution in [2.75, 3.05) is 32.8 Å². The van der Waals surface area contributed by atoms with Gasteiger partial charge in [0.1, 0.15) is 6.61 Å². The number of carbonyl (C=O) groups excluding carboxylic acids is 1. The molecule has 1 aliphatic rings. The van der Waals surface area contributed by atoms with Gasteiger partial charge in [-0.05, 0) is 12.5 Å². The Morgan fingerprint density at radius 2 is 1.90 bits per heavy atom. The highest BCUT2D eigenvalue weighted by atomic mass is 16.6. The first-order valence-corrected chi connectivity index (χ1v) is 7.01. The molecule has 1 aliphatic heterocycles. The average molecular weight is 278 g/mol. The van der Waals surface area contributed by atoms with E-state index in [9.17, 15) is 4.79 Å². The summed E-state index contributed by atoms with van der Waals surface area (Å²) in [6.07, 6.45) is -0.259. The molecule has 2 rings (SSSR count). The molecule has 0 aromatic heterocycles. The summed E-state index contributed by atoms with van der Waals surface area (Å²) >= 11 is 0. The molecule has 20 heavy (non-hydrogen) atoms. The number of piperazine rings is 1. The van der Waals surface area contributed by atoms with Gasteiger partial charge in [-0.2, -0.15) is 0 Å². The van der Waals surface area contributed by atoms with Gasteiger partial charge in [0.25, 0.3) is 0 Å². The summed E-state index contributed by atoms with van der Waals surface area (Å²) in [5.41, 5.74) is 0.994. The van der Waals surface area contributed by atoms with Crippen molar-refractivity contribution >= 4 is 6.09 Å². The van der Waals surface area contributed by atoms with Gasteiger partial charge in [0.15, 0.2) is 0 Å². The van der Waals surface area contributed by atoms with Crippen LogP contribution in [0.2, 0.25) is 0 Å². The van der Waals surface area contributed by atoms with Gasteiger partial charge in [-0.15, -0.1) is 0 Å². The highest BCUT2D eigenvalue weighted by Gasteiger charge is 2.24. The Balaban J connectivity index is 1.75. The first-order chi connectivity index (χ1) is 9.70. The number of ether oxygens (including phenoxy) is 1. The number of nitrogens with zero attached hydrogens (tertiary/aromatic N) is 2. The molecule has 5 heteroatoms. The van der Waals surface area contributed by atoms with E-state index in [0.29, 0.717) is 19.7 Å². The van der Waals surface area contributed by atoms with Gasteiger partial charge in [-0.1, -0.05) is 30.3 Å². The van der Waals surface area contributed by atoms with Crippen molar-refractivity contribution in [3.05, 3.63) is 35.9 Å². The first-order valence-electron chi connectivity index (χ1n) is 7.01. The maximum Gasteiger partial charge on any atom is 0.410 e. The van der Waals surface area contributed by atoms with Gasteiger partial charge < -0.3 is 14.7 Å². The lowest BCUT2D eigenvalue weighted by molar-refractivity contribution is 0.0511. The van der Waals surface area contributed by atoms with Crippen LogP contribution in [0.3, 0.4) is 0 Å². The SMILES string of the molecule is CC(CO)N1CCN(C(=O)OCc2ccccc2)CC1. The molecule has 0 aliphatic carbocycles. The number of aliphatic hydroxyl groups is 1. The molecule has 1 saturated heterocycles. The Bertz CT molecular complexity index is 416. The molecule has 1 atom stereocenters. The summed E-state index contributed by atoms with van der Waals surface area (Å²) in [6, 6.07) is 9.82. The number of rotatable bonds is 4. The molecule has 1 amide bonds. The van der Waals surface area contributed by atoms with Crippen molar-refractivity contribution in [1.29, 1.82) is 0 Å². The van der Waals surface area contributed by atoms with Crippen LogP contribution in [0.15, 0.2) is 30.3 Å². The van der Waals surface area contributed by atoms with Crippen LogP contribution in [0.5, 0.6) is 0 Å². The Morgan fingerprint density at radius 3 is 2.50 bits per heavy atom. The summed E-state index contributed by atoms with van der Waals surface area (Å²) in [5, 5.41) is 9.13.